The second kappa shape index (κ2) is 4.91. The van der Waals surface area contributed by atoms with Crippen LogP contribution in [0.1, 0.15) is 29.3 Å². The molecule has 1 aliphatic rings. The zero-order valence-electron chi connectivity index (χ0n) is 11.1. The molecule has 1 atom stereocenters. The Morgan fingerprint density at radius 3 is 2.75 bits per heavy atom. The van der Waals surface area contributed by atoms with Crippen LogP contribution in [0.4, 0.5) is 11.5 Å². The average Bonchev–Trinajstić information content (AvgIpc) is 2.88. The van der Waals surface area contributed by atoms with Crippen LogP contribution in [0, 0.1) is 11.3 Å². The number of fused-ring (bicyclic) bond motifs is 1. The van der Waals surface area contributed by atoms with Crippen molar-refractivity contribution in [3.8, 4) is 6.07 Å². The molecule has 5 nitrogen and oxygen atoms in total. The van der Waals surface area contributed by atoms with Gasteiger partial charge in [-0.15, -0.1) is 0 Å². The molecule has 0 fully saturated rings. The van der Waals surface area contributed by atoms with E-state index in [2.05, 4.69) is 16.0 Å². The Hall–Kier alpha value is -2.45. The fourth-order valence-electron chi connectivity index (χ4n) is 2.53. The highest BCUT2D eigenvalue weighted by Crippen LogP contribution is 2.35. The SMILES string of the molecule is CN(c1ccc(C#N)cc1)c1ncnc2c1CCC2O. The smallest absolute Gasteiger partial charge is 0.139 e. The van der Waals surface area contributed by atoms with Gasteiger partial charge in [0, 0.05) is 18.3 Å². The maximum atomic E-state index is 9.88. The Morgan fingerprint density at radius 2 is 2.05 bits per heavy atom. The summed E-state index contributed by atoms with van der Waals surface area (Å²) in [5.74, 6) is 0.816. The molecule has 0 amide bonds. The van der Waals surface area contributed by atoms with Crippen molar-refractivity contribution in [1.29, 1.82) is 5.26 Å². The normalized spacial score (nSPS) is 16.6. The van der Waals surface area contributed by atoms with Crippen molar-refractivity contribution < 1.29 is 5.11 Å². The number of hydrogen-bond acceptors (Lipinski definition) is 5. The lowest BCUT2D eigenvalue weighted by Crippen LogP contribution is -2.14. The number of aromatic nitrogens is 2. The van der Waals surface area contributed by atoms with Gasteiger partial charge in [0.25, 0.3) is 0 Å². The van der Waals surface area contributed by atoms with E-state index in [1.54, 1.807) is 12.1 Å². The predicted octanol–water partition coefficient (Wildman–Crippen LogP) is 2.10. The minimum atomic E-state index is -0.485. The monoisotopic (exact) mass is 266 g/mol. The maximum absolute atomic E-state index is 9.88. The molecular weight excluding hydrogens is 252 g/mol. The third-order valence-corrected chi connectivity index (χ3v) is 3.64. The first kappa shape index (κ1) is 12.6. The van der Waals surface area contributed by atoms with Gasteiger partial charge in [-0.3, -0.25) is 0 Å². The van der Waals surface area contributed by atoms with Crippen LogP contribution in [0.15, 0.2) is 30.6 Å². The van der Waals surface area contributed by atoms with Crippen molar-refractivity contribution in [1.82, 2.24) is 9.97 Å². The molecule has 0 spiro atoms. The zero-order chi connectivity index (χ0) is 14.1. The highest BCUT2D eigenvalue weighted by Gasteiger charge is 2.26. The van der Waals surface area contributed by atoms with E-state index >= 15 is 0 Å². The summed E-state index contributed by atoms with van der Waals surface area (Å²) in [4.78, 5) is 10.5. The average molecular weight is 266 g/mol. The van der Waals surface area contributed by atoms with Gasteiger partial charge in [0.1, 0.15) is 12.1 Å². The van der Waals surface area contributed by atoms with Crippen molar-refractivity contribution in [3.63, 3.8) is 0 Å². The van der Waals surface area contributed by atoms with E-state index in [1.807, 2.05) is 24.1 Å². The minimum Gasteiger partial charge on any atom is -0.387 e. The highest BCUT2D eigenvalue weighted by molar-refractivity contribution is 5.64. The van der Waals surface area contributed by atoms with Crippen LogP contribution in [-0.4, -0.2) is 22.1 Å². The molecule has 1 aromatic carbocycles. The molecule has 5 heteroatoms. The molecule has 3 rings (SSSR count). The second-order valence-corrected chi connectivity index (χ2v) is 4.83. The summed E-state index contributed by atoms with van der Waals surface area (Å²) >= 11 is 0. The number of aliphatic hydroxyl groups excluding tert-OH is 1. The van der Waals surface area contributed by atoms with Gasteiger partial charge in [0.2, 0.25) is 0 Å². The van der Waals surface area contributed by atoms with Crippen molar-refractivity contribution in [2.75, 3.05) is 11.9 Å². The number of aliphatic hydroxyl groups is 1. The molecule has 1 aliphatic carbocycles. The Bertz CT molecular complexity index is 675. The van der Waals surface area contributed by atoms with Gasteiger partial charge >= 0.3 is 0 Å². The van der Waals surface area contributed by atoms with Gasteiger partial charge < -0.3 is 10.0 Å². The first-order valence-electron chi connectivity index (χ1n) is 6.46. The number of nitrogens with zero attached hydrogens (tertiary/aromatic N) is 4. The predicted molar refractivity (Wildman–Crippen MR) is 74.5 cm³/mol. The molecule has 0 saturated heterocycles. The fourth-order valence-corrected chi connectivity index (χ4v) is 2.53. The zero-order valence-corrected chi connectivity index (χ0v) is 11.1. The van der Waals surface area contributed by atoms with E-state index in [-0.39, 0.29) is 0 Å². The number of rotatable bonds is 2. The van der Waals surface area contributed by atoms with Crippen molar-refractivity contribution in [2.24, 2.45) is 0 Å². The van der Waals surface area contributed by atoms with Crippen LogP contribution in [-0.2, 0) is 6.42 Å². The standard InChI is InChI=1S/C15H14N4O/c1-19(11-4-2-10(8-16)3-5-11)15-12-6-7-13(20)14(12)17-9-18-15/h2-5,9,13,20H,6-7H2,1H3. The molecule has 0 radical (unpaired) electrons. The van der Waals surface area contributed by atoms with Crippen LogP contribution in [0.25, 0.3) is 0 Å². The quantitative estimate of drug-likeness (QED) is 0.901. The Labute approximate surface area is 117 Å². The fraction of sp³-hybridized carbons (Fsp3) is 0.267. The molecule has 0 saturated carbocycles. The Kier molecular flexibility index (Phi) is 3.09. The Morgan fingerprint density at radius 1 is 1.30 bits per heavy atom. The van der Waals surface area contributed by atoms with E-state index in [9.17, 15) is 5.11 Å². The van der Waals surface area contributed by atoms with E-state index in [1.165, 1.54) is 6.33 Å². The third kappa shape index (κ3) is 2.00. The summed E-state index contributed by atoms with van der Waals surface area (Å²) in [7, 11) is 1.93. The third-order valence-electron chi connectivity index (χ3n) is 3.64. The highest BCUT2D eigenvalue weighted by atomic mass is 16.3. The first-order valence-corrected chi connectivity index (χ1v) is 6.46. The molecule has 1 aromatic heterocycles. The largest absolute Gasteiger partial charge is 0.387 e. The molecule has 100 valence electrons. The van der Waals surface area contributed by atoms with Crippen molar-refractivity contribution >= 4 is 11.5 Å². The summed E-state index contributed by atoms with van der Waals surface area (Å²) in [6.07, 6.45) is 2.49. The van der Waals surface area contributed by atoms with Gasteiger partial charge in [0.15, 0.2) is 0 Å². The van der Waals surface area contributed by atoms with E-state index in [4.69, 9.17) is 5.26 Å². The van der Waals surface area contributed by atoms with Gasteiger partial charge in [-0.05, 0) is 37.1 Å². The maximum Gasteiger partial charge on any atom is 0.139 e. The lowest BCUT2D eigenvalue weighted by molar-refractivity contribution is 0.175. The topological polar surface area (TPSA) is 73.0 Å². The number of hydrogen-bond donors (Lipinski definition) is 1. The molecule has 20 heavy (non-hydrogen) atoms. The first-order chi connectivity index (χ1) is 9.70. The molecular formula is C15H14N4O. The summed E-state index contributed by atoms with van der Waals surface area (Å²) in [6.45, 7) is 0. The van der Waals surface area contributed by atoms with Crippen LogP contribution in [0.2, 0.25) is 0 Å². The number of nitriles is 1. The molecule has 1 heterocycles. The summed E-state index contributed by atoms with van der Waals surface area (Å²) in [5.41, 5.74) is 3.32. The molecule has 0 bridgehead atoms. The second-order valence-electron chi connectivity index (χ2n) is 4.83. The van der Waals surface area contributed by atoms with E-state index in [0.717, 1.165) is 29.2 Å². The Balaban J connectivity index is 1.99. The van der Waals surface area contributed by atoms with Crippen LogP contribution in [0.5, 0.6) is 0 Å². The van der Waals surface area contributed by atoms with Crippen LogP contribution >= 0.6 is 0 Å². The molecule has 0 aliphatic heterocycles. The van der Waals surface area contributed by atoms with Gasteiger partial charge in [-0.2, -0.15) is 5.26 Å². The lowest BCUT2D eigenvalue weighted by atomic mass is 10.2. The van der Waals surface area contributed by atoms with E-state index in [0.29, 0.717) is 12.0 Å². The molecule has 2 aromatic rings. The van der Waals surface area contributed by atoms with Gasteiger partial charge in [-0.1, -0.05) is 0 Å². The van der Waals surface area contributed by atoms with E-state index < -0.39 is 6.10 Å². The lowest BCUT2D eigenvalue weighted by Gasteiger charge is -2.20. The molecule has 1 unspecified atom stereocenters. The summed E-state index contributed by atoms with van der Waals surface area (Å²) < 4.78 is 0. The number of benzene rings is 1. The molecule has 1 N–H and O–H groups in total. The van der Waals surface area contributed by atoms with Crippen LogP contribution in [0.3, 0.4) is 0 Å². The van der Waals surface area contributed by atoms with Gasteiger partial charge in [-0.25, -0.2) is 9.97 Å². The number of anilines is 2. The minimum absolute atomic E-state index is 0.485. The van der Waals surface area contributed by atoms with Crippen LogP contribution < -0.4 is 4.90 Å². The summed E-state index contributed by atoms with van der Waals surface area (Å²) in [6, 6.07) is 9.44. The van der Waals surface area contributed by atoms with Gasteiger partial charge in [0.05, 0.1) is 23.4 Å². The summed E-state index contributed by atoms with van der Waals surface area (Å²) in [5, 5.41) is 18.7. The van der Waals surface area contributed by atoms with Crippen molar-refractivity contribution in [3.05, 3.63) is 47.4 Å². The van der Waals surface area contributed by atoms with Crippen molar-refractivity contribution in [2.45, 2.75) is 18.9 Å².